The van der Waals surface area contributed by atoms with Crippen molar-refractivity contribution in [2.24, 2.45) is 5.92 Å². The fourth-order valence-corrected chi connectivity index (χ4v) is 0.970. The average molecular weight is 153 g/mol. The SMILES string of the molecule is C=C(NC)C(C)C/C(C)=C/C. The Balaban J connectivity index is 3.87. The van der Waals surface area contributed by atoms with E-state index in [1.54, 1.807) is 0 Å². The van der Waals surface area contributed by atoms with E-state index in [0.717, 1.165) is 12.1 Å². The summed E-state index contributed by atoms with van der Waals surface area (Å²) < 4.78 is 0. The summed E-state index contributed by atoms with van der Waals surface area (Å²) in [5, 5.41) is 3.07. The molecule has 0 aliphatic carbocycles. The molecule has 0 heterocycles. The summed E-state index contributed by atoms with van der Waals surface area (Å²) in [5.74, 6) is 0.538. The van der Waals surface area contributed by atoms with Crippen molar-refractivity contribution in [2.75, 3.05) is 7.05 Å². The molecule has 0 rings (SSSR count). The van der Waals surface area contributed by atoms with Gasteiger partial charge < -0.3 is 5.32 Å². The van der Waals surface area contributed by atoms with Gasteiger partial charge in [0.15, 0.2) is 0 Å². The summed E-state index contributed by atoms with van der Waals surface area (Å²) in [7, 11) is 1.92. The Morgan fingerprint density at radius 2 is 2.18 bits per heavy atom. The molecule has 0 bridgehead atoms. The highest BCUT2D eigenvalue weighted by Gasteiger charge is 2.04. The van der Waals surface area contributed by atoms with Crippen LogP contribution < -0.4 is 5.32 Å². The molecular formula is C10H19N. The van der Waals surface area contributed by atoms with Crippen molar-refractivity contribution in [3.8, 4) is 0 Å². The van der Waals surface area contributed by atoms with E-state index in [2.05, 4.69) is 38.7 Å². The molecule has 1 nitrogen and oxygen atoms in total. The third-order valence-electron chi connectivity index (χ3n) is 2.04. The van der Waals surface area contributed by atoms with Crippen LogP contribution in [-0.2, 0) is 0 Å². The zero-order valence-electron chi connectivity index (χ0n) is 8.07. The molecule has 64 valence electrons. The maximum absolute atomic E-state index is 3.92. The van der Waals surface area contributed by atoms with Gasteiger partial charge in [0.05, 0.1) is 0 Å². The largest absolute Gasteiger partial charge is 0.392 e. The van der Waals surface area contributed by atoms with Gasteiger partial charge >= 0.3 is 0 Å². The first-order chi connectivity index (χ1) is 5.11. The standard InChI is InChI=1S/C10H19N/c1-6-8(2)7-9(3)10(4)11-5/h6,9,11H,4,7H2,1-3,5H3/b8-6+. The predicted octanol–water partition coefficient (Wildman–Crippen LogP) is 2.71. The quantitative estimate of drug-likeness (QED) is 0.612. The lowest BCUT2D eigenvalue weighted by atomic mass is 9.99. The molecule has 1 N–H and O–H groups in total. The van der Waals surface area contributed by atoms with Gasteiger partial charge in [-0.1, -0.05) is 25.2 Å². The Bertz CT molecular complexity index is 156. The van der Waals surface area contributed by atoms with E-state index in [4.69, 9.17) is 0 Å². The van der Waals surface area contributed by atoms with E-state index >= 15 is 0 Å². The zero-order chi connectivity index (χ0) is 8.85. The third kappa shape index (κ3) is 3.87. The van der Waals surface area contributed by atoms with Crippen molar-refractivity contribution >= 4 is 0 Å². The van der Waals surface area contributed by atoms with Gasteiger partial charge in [-0.05, 0) is 26.2 Å². The summed E-state index contributed by atoms with van der Waals surface area (Å²) in [6, 6.07) is 0. The molecular weight excluding hydrogens is 134 g/mol. The molecule has 0 amide bonds. The lowest BCUT2D eigenvalue weighted by Crippen LogP contribution is -2.12. The fourth-order valence-electron chi connectivity index (χ4n) is 0.970. The maximum atomic E-state index is 3.92. The first kappa shape index (κ1) is 10.3. The Hall–Kier alpha value is -0.720. The van der Waals surface area contributed by atoms with Crippen LogP contribution >= 0.6 is 0 Å². The second-order valence-electron chi connectivity index (χ2n) is 3.02. The molecule has 0 aliphatic rings. The Morgan fingerprint density at radius 1 is 1.64 bits per heavy atom. The monoisotopic (exact) mass is 153 g/mol. The summed E-state index contributed by atoms with van der Waals surface area (Å²) in [6.07, 6.45) is 3.26. The van der Waals surface area contributed by atoms with E-state index < -0.39 is 0 Å². The minimum Gasteiger partial charge on any atom is -0.392 e. The zero-order valence-corrected chi connectivity index (χ0v) is 8.07. The van der Waals surface area contributed by atoms with Crippen LogP contribution in [0.4, 0.5) is 0 Å². The van der Waals surface area contributed by atoms with Crippen molar-refractivity contribution in [3.63, 3.8) is 0 Å². The Kier molecular flexibility index (Phi) is 4.67. The highest BCUT2D eigenvalue weighted by Crippen LogP contribution is 2.15. The van der Waals surface area contributed by atoms with Crippen molar-refractivity contribution in [1.82, 2.24) is 5.32 Å². The molecule has 0 saturated heterocycles. The molecule has 0 fully saturated rings. The number of hydrogen-bond donors (Lipinski definition) is 1. The van der Waals surface area contributed by atoms with Gasteiger partial charge in [0.2, 0.25) is 0 Å². The van der Waals surface area contributed by atoms with E-state index in [-0.39, 0.29) is 0 Å². The van der Waals surface area contributed by atoms with E-state index in [9.17, 15) is 0 Å². The minimum atomic E-state index is 0.538. The predicted molar refractivity (Wildman–Crippen MR) is 51.4 cm³/mol. The molecule has 0 aliphatic heterocycles. The molecule has 1 atom stereocenters. The highest BCUT2D eigenvalue weighted by atomic mass is 14.8. The second kappa shape index (κ2) is 5.00. The van der Waals surface area contributed by atoms with Crippen LogP contribution in [0.2, 0.25) is 0 Å². The van der Waals surface area contributed by atoms with E-state index in [1.165, 1.54) is 5.57 Å². The van der Waals surface area contributed by atoms with Crippen LogP contribution in [0.25, 0.3) is 0 Å². The number of hydrogen-bond acceptors (Lipinski definition) is 1. The Morgan fingerprint density at radius 3 is 2.55 bits per heavy atom. The summed E-state index contributed by atoms with van der Waals surface area (Å²) in [6.45, 7) is 10.3. The van der Waals surface area contributed by atoms with Gasteiger partial charge in [-0.15, -0.1) is 0 Å². The molecule has 0 aromatic carbocycles. The van der Waals surface area contributed by atoms with Crippen molar-refractivity contribution in [3.05, 3.63) is 23.9 Å². The van der Waals surface area contributed by atoms with Crippen molar-refractivity contribution in [1.29, 1.82) is 0 Å². The van der Waals surface area contributed by atoms with Crippen LogP contribution in [0.1, 0.15) is 27.2 Å². The second-order valence-corrected chi connectivity index (χ2v) is 3.02. The van der Waals surface area contributed by atoms with Gasteiger partial charge in [-0.25, -0.2) is 0 Å². The first-order valence-electron chi connectivity index (χ1n) is 4.10. The molecule has 0 aromatic rings. The van der Waals surface area contributed by atoms with Crippen LogP contribution in [0.5, 0.6) is 0 Å². The molecule has 1 unspecified atom stereocenters. The van der Waals surface area contributed by atoms with Crippen molar-refractivity contribution < 1.29 is 0 Å². The minimum absolute atomic E-state index is 0.538. The lowest BCUT2D eigenvalue weighted by molar-refractivity contribution is 0.629. The lowest BCUT2D eigenvalue weighted by Gasteiger charge is -2.13. The van der Waals surface area contributed by atoms with E-state index in [1.807, 2.05) is 7.05 Å². The van der Waals surface area contributed by atoms with Gasteiger partial charge in [0.25, 0.3) is 0 Å². The smallest absolute Gasteiger partial charge is 0.00630 e. The normalized spacial score (nSPS) is 14.4. The summed E-state index contributed by atoms with van der Waals surface area (Å²) in [4.78, 5) is 0. The van der Waals surface area contributed by atoms with Crippen molar-refractivity contribution in [2.45, 2.75) is 27.2 Å². The molecule has 0 aromatic heterocycles. The molecule has 1 heteroatoms. The summed E-state index contributed by atoms with van der Waals surface area (Å²) in [5.41, 5.74) is 2.54. The third-order valence-corrected chi connectivity index (χ3v) is 2.04. The van der Waals surface area contributed by atoms with Crippen LogP contribution in [0.3, 0.4) is 0 Å². The van der Waals surface area contributed by atoms with Crippen LogP contribution in [0.15, 0.2) is 23.9 Å². The van der Waals surface area contributed by atoms with Crippen LogP contribution in [0, 0.1) is 5.92 Å². The topological polar surface area (TPSA) is 12.0 Å². The number of nitrogens with one attached hydrogen (secondary N) is 1. The first-order valence-corrected chi connectivity index (χ1v) is 4.10. The maximum Gasteiger partial charge on any atom is 0.00630 e. The van der Waals surface area contributed by atoms with Gasteiger partial charge in [-0.2, -0.15) is 0 Å². The summed E-state index contributed by atoms with van der Waals surface area (Å²) >= 11 is 0. The Labute approximate surface area is 70.2 Å². The molecule has 0 saturated carbocycles. The molecule has 11 heavy (non-hydrogen) atoms. The van der Waals surface area contributed by atoms with E-state index in [0.29, 0.717) is 5.92 Å². The number of rotatable bonds is 4. The molecule has 0 spiro atoms. The fraction of sp³-hybridized carbons (Fsp3) is 0.600. The average Bonchev–Trinajstić information content (AvgIpc) is 2.02. The van der Waals surface area contributed by atoms with Gasteiger partial charge in [0.1, 0.15) is 0 Å². The number of allylic oxidation sites excluding steroid dienone is 3. The van der Waals surface area contributed by atoms with Gasteiger partial charge in [-0.3, -0.25) is 0 Å². The van der Waals surface area contributed by atoms with Crippen LogP contribution in [-0.4, -0.2) is 7.05 Å². The molecule has 0 radical (unpaired) electrons. The van der Waals surface area contributed by atoms with Gasteiger partial charge in [0, 0.05) is 12.7 Å². The highest BCUT2D eigenvalue weighted by molar-refractivity contribution is 5.04.